The summed E-state index contributed by atoms with van der Waals surface area (Å²) in [7, 11) is 0. The van der Waals surface area contributed by atoms with Gasteiger partial charge in [-0.25, -0.2) is 9.18 Å². The van der Waals surface area contributed by atoms with E-state index >= 15 is 0 Å². The number of carbonyl (C=O) groups excluding carboxylic acids is 1. The molecule has 4 rings (SSSR count). The Hall–Kier alpha value is -3.32. The topological polar surface area (TPSA) is 69.8 Å². The van der Waals surface area contributed by atoms with Crippen LogP contribution in [0.15, 0.2) is 71.9 Å². The third-order valence-corrected chi connectivity index (χ3v) is 5.00. The predicted molar refractivity (Wildman–Crippen MR) is 112 cm³/mol. The smallest absolute Gasteiger partial charge is 0.323 e. The molecule has 0 fully saturated rings. The number of nitrogens with zero attached hydrogens (tertiary/aromatic N) is 1. The van der Waals surface area contributed by atoms with E-state index < -0.39 is 6.03 Å². The zero-order chi connectivity index (χ0) is 19.5. The second-order valence-corrected chi connectivity index (χ2v) is 7.00. The van der Waals surface area contributed by atoms with Crippen LogP contribution in [0.5, 0.6) is 0 Å². The molecule has 2 amide bonds. The summed E-state index contributed by atoms with van der Waals surface area (Å²) in [6.07, 6.45) is 5.33. The molecule has 0 saturated carbocycles. The standard InChI is InChI=1S/C21H17FN4OS/c1-28-16-6-2-5-15(11-16)24-21(27)26-20-17-10-14(22)7-8-18(17)25-19(20)13-4-3-9-23-12-13/h2-12,25H,1H3,(H2,24,26,27). The lowest BCUT2D eigenvalue weighted by Gasteiger charge is -2.10. The molecule has 0 unspecified atom stereocenters. The second kappa shape index (κ2) is 7.74. The van der Waals surface area contributed by atoms with E-state index in [1.54, 1.807) is 36.3 Å². The number of benzene rings is 2. The van der Waals surface area contributed by atoms with Gasteiger partial charge in [-0.3, -0.25) is 4.98 Å². The highest BCUT2D eigenvalue weighted by atomic mass is 32.2. The summed E-state index contributed by atoms with van der Waals surface area (Å²) in [4.78, 5) is 21.1. The Balaban J connectivity index is 1.70. The van der Waals surface area contributed by atoms with Gasteiger partial charge in [0.2, 0.25) is 0 Å². The van der Waals surface area contributed by atoms with Gasteiger partial charge in [0.05, 0.1) is 11.4 Å². The molecule has 0 aliphatic heterocycles. The van der Waals surface area contributed by atoms with Gasteiger partial charge in [0.1, 0.15) is 5.82 Å². The number of anilines is 2. The van der Waals surface area contributed by atoms with Crippen molar-refractivity contribution in [2.24, 2.45) is 0 Å². The van der Waals surface area contributed by atoms with E-state index in [9.17, 15) is 9.18 Å². The molecule has 0 aliphatic carbocycles. The molecule has 0 saturated heterocycles. The minimum Gasteiger partial charge on any atom is -0.353 e. The number of amides is 2. The number of urea groups is 1. The molecule has 0 atom stereocenters. The normalized spacial score (nSPS) is 10.8. The monoisotopic (exact) mass is 392 g/mol. The number of H-pyrrole nitrogens is 1. The van der Waals surface area contributed by atoms with E-state index in [2.05, 4.69) is 20.6 Å². The number of nitrogens with one attached hydrogen (secondary N) is 3. The number of aromatic amines is 1. The maximum atomic E-state index is 13.8. The first-order valence-corrected chi connectivity index (χ1v) is 9.80. The maximum absolute atomic E-state index is 13.8. The van der Waals surface area contributed by atoms with Gasteiger partial charge in [0, 0.05) is 39.4 Å². The van der Waals surface area contributed by atoms with Gasteiger partial charge >= 0.3 is 6.03 Å². The highest BCUT2D eigenvalue weighted by Gasteiger charge is 2.16. The Morgan fingerprint density at radius 1 is 1.11 bits per heavy atom. The van der Waals surface area contributed by atoms with Crippen molar-refractivity contribution >= 4 is 40.1 Å². The molecular formula is C21H17FN4OS. The van der Waals surface area contributed by atoms with E-state index in [1.807, 2.05) is 36.6 Å². The average Bonchev–Trinajstić information content (AvgIpc) is 3.06. The Bertz CT molecular complexity index is 1140. The molecule has 0 spiro atoms. The first kappa shape index (κ1) is 18.1. The van der Waals surface area contributed by atoms with Gasteiger partial charge < -0.3 is 15.6 Å². The molecule has 3 N–H and O–H groups in total. The maximum Gasteiger partial charge on any atom is 0.323 e. The molecule has 0 aliphatic rings. The van der Waals surface area contributed by atoms with Crippen LogP contribution in [0.1, 0.15) is 0 Å². The summed E-state index contributed by atoms with van der Waals surface area (Å²) in [5.74, 6) is -0.375. The predicted octanol–water partition coefficient (Wildman–Crippen LogP) is 5.73. The van der Waals surface area contributed by atoms with E-state index in [-0.39, 0.29) is 5.82 Å². The van der Waals surface area contributed by atoms with Crippen LogP contribution in [0, 0.1) is 5.82 Å². The van der Waals surface area contributed by atoms with Crippen molar-refractivity contribution in [3.05, 3.63) is 72.8 Å². The molecular weight excluding hydrogens is 375 g/mol. The number of aromatic nitrogens is 2. The minimum absolute atomic E-state index is 0.375. The van der Waals surface area contributed by atoms with Crippen LogP contribution >= 0.6 is 11.8 Å². The number of halogens is 1. The molecule has 5 nitrogen and oxygen atoms in total. The quantitative estimate of drug-likeness (QED) is 0.388. The third kappa shape index (κ3) is 3.70. The number of fused-ring (bicyclic) bond motifs is 1. The summed E-state index contributed by atoms with van der Waals surface area (Å²) in [6, 6.07) is 15.2. The van der Waals surface area contributed by atoms with Crippen LogP contribution in [0.2, 0.25) is 0 Å². The van der Waals surface area contributed by atoms with Crippen LogP contribution < -0.4 is 10.6 Å². The SMILES string of the molecule is CSc1cccc(NC(=O)Nc2c(-c3cccnc3)[nH]c3ccc(F)cc23)c1. The molecule has 0 radical (unpaired) electrons. The average molecular weight is 392 g/mol. The summed E-state index contributed by atoms with van der Waals surface area (Å²) < 4.78 is 13.8. The molecule has 28 heavy (non-hydrogen) atoms. The highest BCUT2D eigenvalue weighted by Crippen LogP contribution is 2.35. The van der Waals surface area contributed by atoms with Crippen LogP contribution in [0.4, 0.5) is 20.6 Å². The van der Waals surface area contributed by atoms with Gasteiger partial charge in [-0.1, -0.05) is 6.07 Å². The van der Waals surface area contributed by atoms with Crippen LogP contribution in [0.3, 0.4) is 0 Å². The Kier molecular flexibility index (Phi) is 4.99. The molecule has 2 aromatic heterocycles. The van der Waals surface area contributed by atoms with Gasteiger partial charge in [0.15, 0.2) is 0 Å². The largest absolute Gasteiger partial charge is 0.353 e. The van der Waals surface area contributed by atoms with Crippen molar-refractivity contribution in [2.75, 3.05) is 16.9 Å². The number of rotatable bonds is 4. The zero-order valence-corrected chi connectivity index (χ0v) is 15.8. The van der Waals surface area contributed by atoms with E-state index in [4.69, 9.17) is 0 Å². The first-order valence-electron chi connectivity index (χ1n) is 8.58. The van der Waals surface area contributed by atoms with E-state index in [0.717, 1.165) is 16.0 Å². The van der Waals surface area contributed by atoms with E-state index in [0.29, 0.717) is 22.5 Å². The molecule has 0 bridgehead atoms. The minimum atomic E-state index is -0.409. The molecule has 2 aromatic carbocycles. The Morgan fingerprint density at radius 2 is 2.00 bits per heavy atom. The third-order valence-electron chi connectivity index (χ3n) is 4.28. The molecule has 2 heterocycles. The van der Waals surface area contributed by atoms with Crippen LogP contribution in [0.25, 0.3) is 22.2 Å². The Labute approximate surface area is 165 Å². The van der Waals surface area contributed by atoms with E-state index in [1.165, 1.54) is 12.1 Å². The molecule has 140 valence electrons. The van der Waals surface area contributed by atoms with Crippen molar-refractivity contribution in [3.8, 4) is 11.3 Å². The van der Waals surface area contributed by atoms with Gasteiger partial charge in [0.25, 0.3) is 0 Å². The first-order chi connectivity index (χ1) is 13.6. The lowest BCUT2D eigenvalue weighted by atomic mass is 10.1. The number of thioether (sulfide) groups is 1. The fourth-order valence-electron chi connectivity index (χ4n) is 3.00. The fraction of sp³-hybridized carbons (Fsp3) is 0.0476. The lowest BCUT2D eigenvalue weighted by Crippen LogP contribution is -2.19. The van der Waals surface area contributed by atoms with Crippen molar-refractivity contribution in [1.29, 1.82) is 0 Å². The summed E-state index contributed by atoms with van der Waals surface area (Å²) in [6.45, 7) is 0. The Morgan fingerprint density at radius 3 is 2.79 bits per heavy atom. The summed E-state index contributed by atoms with van der Waals surface area (Å²) in [5.41, 5.74) is 3.36. The second-order valence-electron chi connectivity index (χ2n) is 6.12. The molecule has 7 heteroatoms. The van der Waals surface area contributed by atoms with Gasteiger partial charge in [-0.05, 0) is 54.8 Å². The van der Waals surface area contributed by atoms with Crippen LogP contribution in [-0.2, 0) is 0 Å². The van der Waals surface area contributed by atoms with Crippen molar-refractivity contribution in [3.63, 3.8) is 0 Å². The fourth-order valence-corrected chi connectivity index (χ4v) is 3.46. The number of carbonyl (C=O) groups is 1. The summed E-state index contributed by atoms with van der Waals surface area (Å²) in [5, 5.41) is 6.28. The molecule has 4 aromatic rings. The zero-order valence-electron chi connectivity index (χ0n) is 15.0. The highest BCUT2D eigenvalue weighted by molar-refractivity contribution is 7.98. The van der Waals surface area contributed by atoms with Gasteiger partial charge in [-0.15, -0.1) is 11.8 Å². The van der Waals surface area contributed by atoms with Crippen molar-refractivity contribution < 1.29 is 9.18 Å². The van der Waals surface area contributed by atoms with Crippen molar-refractivity contribution in [2.45, 2.75) is 4.90 Å². The number of hydrogen-bond donors (Lipinski definition) is 3. The number of pyridine rings is 1. The van der Waals surface area contributed by atoms with Crippen molar-refractivity contribution in [1.82, 2.24) is 9.97 Å². The van der Waals surface area contributed by atoms with Crippen LogP contribution in [-0.4, -0.2) is 22.3 Å². The van der Waals surface area contributed by atoms with Gasteiger partial charge in [-0.2, -0.15) is 0 Å². The number of hydrogen-bond acceptors (Lipinski definition) is 3. The summed E-state index contributed by atoms with van der Waals surface area (Å²) >= 11 is 1.59. The lowest BCUT2D eigenvalue weighted by molar-refractivity contribution is 0.262.